The third-order valence-corrected chi connectivity index (χ3v) is 3.21. The first-order valence-electron chi connectivity index (χ1n) is 5.60. The predicted molar refractivity (Wildman–Crippen MR) is 60.0 cm³/mol. The molecule has 0 atom stereocenters. The summed E-state index contributed by atoms with van der Waals surface area (Å²) in [5, 5.41) is 9.41. The number of hydrogen-bond acceptors (Lipinski definition) is 3. The smallest absolute Gasteiger partial charge is 0.267 e. The van der Waals surface area contributed by atoms with Crippen molar-refractivity contribution < 1.29 is 9.90 Å². The lowest BCUT2D eigenvalue weighted by molar-refractivity contribution is 0.0995. The fourth-order valence-electron chi connectivity index (χ4n) is 2.20. The molecule has 0 aromatic carbocycles. The van der Waals surface area contributed by atoms with Crippen LogP contribution in [0.3, 0.4) is 0 Å². The quantitative estimate of drug-likeness (QED) is 0.786. The number of primary amides is 1. The molecule has 1 aliphatic carbocycles. The lowest BCUT2D eigenvalue weighted by Gasteiger charge is -2.25. The Morgan fingerprint density at radius 2 is 2.00 bits per heavy atom. The van der Waals surface area contributed by atoms with E-state index in [4.69, 9.17) is 5.73 Å². The van der Waals surface area contributed by atoms with Gasteiger partial charge in [-0.1, -0.05) is 6.07 Å². The van der Waals surface area contributed by atoms with Gasteiger partial charge >= 0.3 is 0 Å². The minimum atomic E-state index is -0.495. The summed E-state index contributed by atoms with van der Waals surface area (Å²) in [4.78, 5) is 14.9. The molecule has 0 aliphatic heterocycles. The van der Waals surface area contributed by atoms with Gasteiger partial charge in [0, 0.05) is 6.20 Å². The minimum Gasteiger partial charge on any atom is -0.393 e. The van der Waals surface area contributed by atoms with Crippen LogP contribution in [-0.4, -0.2) is 22.1 Å². The number of aromatic nitrogens is 1. The van der Waals surface area contributed by atoms with E-state index in [-0.39, 0.29) is 6.10 Å². The molecular weight excluding hydrogens is 204 g/mol. The van der Waals surface area contributed by atoms with E-state index in [0.717, 1.165) is 31.2 Å². The second-order valence-electron chi connectivity index (χ2n) is 4.35. The Balaban J connectivity index is 2.07. The van der Waals surface area contributed by atoms with Crippen LogP contribution in [0.2, 0.25) is 0 Å². The molecule has 1 aromatic heterocycles. The average molecular weight is 220 g/mol. The van der Waals surface area contributed by atoms with Gasteiger partial charge in [0.25, 0.3) is 5.91 Å². The summed E-state index contributed by atoms with van der Waals surface area (Å²) in [6.07, 6.45) is 5.25. The second-order valence-corrected chi connectivity index (χ2v) is 4.35. The summed E-state index contributed by atoms with van der Waals surface area (Å²) in [5.74, 6) is -0.0385. The first-order chi connectivity index (χ1) is 7.66. The summed E-state index contributed by atoms with van der Waals surface area (Å²) in [6.45, 7) is 0. The number of nitrogens with zero attached hydrogens (tertiary/aromatic N) is 1. The average Bonchev–Trinajstić information content (AvgIpc) is 2.30. The van der Waals surface area contributed by atoms with E-state index in [9.17, 15) is 9.90 Å². The van der Waals surface area contributed by atoms with Gasteiger partial charge in [-0.15, -0.1) is 0 Å². The first-order valence-corrected chi connectivity index (χ1v) is 5.60. The number of aliphatic hydroxyl groups is 1. The zero-order chi connectivity index (χ0) is 11.5. The Bertz CT molecular complexity index is 367. The van der Waals surface area contributed by atoms with E-state index in [1.165, 1.54) is 0 Å². The van der Waals surface area contributed by atoms with Crippen LogP contribution < -0.4 is 5.73 Å². The molecule has 1 saturated carbocycles. The van der Waals surface area contributed by atoms with E-state index in [1.807, 2.05) is 6.07 Å². The van der Waals surface area contributed by atoms with Crippen LogP contribution in [0.4, 0.5) is 0 Å². The monoisotopic (exact) mass is 220 g/mol. The minimum absolute atomic E-state index is 0.144. The number of carbonyl (C=O) groups excluding carboxylic acids is 1. The topological polar surface area (TPSA) is 76.2 Å². The molecule has 0 radical (unpaired) electrons. The fourth-order valence-corrected chi connectivity index (χ4v) is 2.20. The number of carbonyl (C=O) groups is 1. The summed E-state index contributed by atoms with van der Waals surface area (Å²) >= 11 is 0. The number of pyridine rings is 1. The molecule has 0 spiro atoms. The Morgan fingerprint density at radius 3 is 2.50 bits per heavy atom. The highest BCUT2D eigenvalue weighted by Gasteiger charge is 2.20. The molecule has 16 heavy (non-hydrogen) atoms. The molecule has 4 nitrogen and oxygen atoms in total. The van der Waals surface area contributed by atoms with Gasteiger partial charge in [0.15, 0.2) is 0 Å². The van der Waals surface area contributed by atoms with Crippen LogP contribution in [0.5, 0.6) is 0 Å². The Labute approximate surface area is 94.5 Å². The van der Waals surface area contributed by atoms with Crippen molar-refractivity contribution in [2.24, 2.45) is 5.73 Å². The maximum atomic E-state index is 10.9. The van der Waals surface area contributed by atoms with Gasteiger partial charge in [-0.25, -0.2) is 0 Å². The Kier molecular flexibility index (Phi) is 3.19. The SMILES string of the molecule is NC(=O)c1ccc(C2CCC(O)CC2)cn1. The van der Waals surface area contributed by atoms with Crippen molar-refractivity contribution in [1.29, 1.82) is 0 Å². The second kappa shape index (κ2) is 4.61. The van der Waals surface area contributed by atoms with E-state index >= 15 is 0 Å². The molecule has 86 valence electrons. The first kappa shape index (κ1) is 11.1. The van der Waals surface area contributed by atoms with E-state index in [1.54, 1.807) is 12.3 Å². The molecule has 0 saturated heterocycles. The third kappa shape index (κ3) is 2.39. The highest BCUT2D eigenvalue weighted by molar-refractivity contribution is 5.90. The van der Waals surface area contributed by atoms with Crippen molar-refractivity contribution in [3.8, 4) is 0 Å². The zero-order valence-corrected chi connectivity index (χ0v) is 9.10. The van der Waals surface area contributed by atoms with Gasteiger partial charge in [-0.3, -0.25) is 9.78 Å². The molecule has 1 fully saturated rings. The number of aliphatic hydroxyl groups excluding tert-OH is 1. The summed E-state index contributed by atoms with van der Waals surface area (Å²) in [5.41, 5.74) is 6.57. The highest BCUT2D eigenvalue weighted by atomic mass is 16.3. The van der Waals surface area contributed by atoms with Gasteiger partial charge in [0.1, 0.15) is 5.69 Å². The normalized spacial score (nSPS) is 25.3. The number of rotatable bonds is 2. The molecule has 1 heterocycles. The van der Waals surface area contributed by atoms with Gasteiger partial charge < -0.3 is 10.8 Å². The van der Waals surface area contributed by atoms with Crippen LogP contribution in [0.25, 0.3) is 0 Å². The van der Waals surface area contributed by atoms with Crippen molar-refractivity contribution in [1.82, 2.24) is 4.98 Å². The van der Waals surface area contributed by atoms with Crippen LogP contribution >= 0.6 is 0 Å². The van der Waals surface area contributed by atoms with Crippen molar-refractivity contribution in [2.45, 2.75) is 37.7 Å². The molecule has 0 bridgehead atoms. The highest BCUT2D eigenvalue weighted by Crippen LogP contribution is 2.32. The molecule has 0 unspecified atom stereocenters. The largest absolute Gasteiger partial charge is 0.393 e. The third-order valence-electron chi connectivity index (χ3n) is 3.21. The maximum Gasteiger partial charge on any atom is 0.267 e. The zero-order valence-electron chi connectivity index (χ0n) is 9.10. The molecule has 1 aliphatic rings. The molecule has 3 N–H and O–H groups in total. The summed E-state index contributed by atoms with van der Waals surface area (Å²) in [6, 6.07) is 3.58. The summed E-state index contributed by atoms with van der Waals surface area (Å²) < 4.78 is 0. The van der Waals surface area contributed by atoms with Crippen LogP contribution in [0, 0.1) is 0 Å². The standard InChI is InChI=1S/C12H16N2O2/c13-12(16)11-6-3-9(7-14-11)8-1-4-10(15)5-2-8/h3,6-8,10,15H,1-2,4-5H2,(H2,13,16). The molecular formula is C12H16N2O2. The summed E-state index contributed by atoms with van der Waals surface area (Å²) in [7, 11) is 0. The Morgan fingerprint density at radius 1 is 1.31 bits per heavy atom. The van der Waals surface area contributed by atoms with Crippen LogP contribution in [0.1, 0.15) is 47.7 Å². The van der Waals surface area contributed by atoms with Crippen molar-refractivity contribution in [3.05, 3.63) is 29.6 Å². The molecule has 1 amide bonds. The predicted octanol–water partition coefficient (Wildman–Crippen LogP) is 1.20. The Hall–Kier alpha value is -1.42. The number of nitrogens with two attached hydrogens (primary N) is 1. The van der Waals surface area contributed by atoms with Crippen molar-refractivity contribution in [2.75, 3.05) is 0 Å². The van der Waals surface area contributed by atoms with Gasteiger partial charge in [-0.2, -0.15) is 0 Å². The lowest BCUT2D eigenvalue weighted by atomic mass is 9.83. The van der Waals surface area contributed by atoms with E-state index in [2.05, 4.69) is 4.98 Å². The molecule has 1 aromatic rings. The maximum absolute atomic E-state index is 10.9. The molecule has 2 rings (SSSR count). The van der Waals surface area contributed by atoms with Gasteiger partial charge in [0.2, 0.25) is 0 Å². The van der Waals surface area contributed by atoms with E-state index in [0.29, 0.717) is 11.6 Å². The van der Waals surface area contributed by atoms with E-state index < -0.39 is 5.91 Å². The van der Waals surface area contributed by atoms with Crippen molar-refractivity contribution >= 4 is 5.91 Å². The van der Waals surface area contributed by atoms with Crippen molar-refractivity contribution in [3.63, 3.8) is 0 Å². The fraction of sp³-hybridized carbons (Fsp3) is 0.500. The number of hydrogen-bond donors (Lipinski definition) is 2. The van der Waals surface area contributed by atoms with Crippen LogP contribution in [-0.2, 0) is 0 Å². The molecule has 4 heteroatoms. The lowest BCUT2D eigenvalue weighted by Crippen LogP contribution is -2.17. The van der Waals surface area contributed by atoms with Gasteiger partial charge in [-0.05, 0) is 43.2 Å². The van der Waals surface area contributed by atoms with Crippen LogP contribution in [0.15, 0.2) is 18.3 Å². The van der Waals surface area contributed by atoms with Gasteiger partial charge in [0.05, 0.1) is 6.10 Å². The number of amides is 1.